The normalized spacial score (nSPS) is 15.0. The average Bonchev–Trinajstić information content (AvgIpc) is 3.35. The van der Waals surface area contributed by atoms with Crippen LogP contribution in [0, 0.1) is 0 Å². The van der Waals surface area contributed by atoms with E-state index in [-0.39, 0.29) is 35.1 Å². The minimum Gasteiger partial charge on any atom is -0.465 e. The molecule has 0 aromatic heterocycles. The van der Waals surface area contributed by atoms with Crippen molar-refractivity contribution >= 4 is 47.0 Å². The van der Waals surface area contributed by atoms with Crippen molar-refractivity contribution in [2.45, 2.75) is 13.8 Å². The van der Waals surface area contributed by atoms with Crippen LogP contribution in [0.25, 0.3) is 6.08 Å². The van der Waals surface area contributed by atoms with E-state index in [0.717, 1.165) is 22.6 Å². The summed E-state index contributed by atoms with van der Waals surface area (Å²) < 4.78 is 15.6. The van der Waals surface area contributed by atoms with Crippen molar-refractivity contribution in [3.63, 3.8) is 0 Å². The molecule has 4 rings (SSSR count). The highest BCUT2D eigenvalue weighted by atomic mass is 16.5. The molecule has 224 valence electrons. The summed E-state index contributed by atoms with van der Waals surface area (Å²) >= 11 is 0. The van der Waals surface area contributed by atoms with Crippen molar-refractivity contribution in [2.24, 2.45) is 4.99 Å². The van der Waals surface area contributed by atoms with E-state index in [0.29, 0.717) is 0 Å². The Labute approximate surface area is 256 Å². The molecule has 0 radical (unpaired) electrons. The molecule has 0 spiro atoms. The van der Waals surface area contributed by atoms with Crippen molar-refractivity contribution in [3.05, 3.63) is 132 Å². The molecule has 44 heavy (non-hydrogen) atoms. The number of likely N-dealkylation sites (N-methyl/N-ethyl adjacent to an activating group) is 1. The first-order valence-corrected chi connectivity index (χ1v) is 13.9. The quantitative estimate of drug-likeness (QED) is 0.143. The van der Waals surface area contributed by atoms with E-state index in [1.807, 2.05) is 79.7 Å². The lowest BCUT2D eigenvalue weighted by Gasteiger charge is -2.26. The maximum atomic E-state index is 13.3. The highest BCUT2D eigenvalue weighted by Crippen LogP contribution is 2.32. The Bertz CT molecular complexity index is 1670. The molecule has 1 aliphatic heterocycles. The van der Waals surface area contributed by atoms with Gasteiger partial charge in [-0.1, -0.05) is 55.1 Å². The summed E-state index contributed by atoms with van der Waals surface area (Å²) in [6.45, 7) is 7.79. The summed E-state index contributed by atoms with van der Waals surface area (Å²) in [5.74, 6) is -1.60. The predicted molar refractivity (Wildman–Crippen MR) is 171 cm³/mol. The summed E-state index contributed by atoms with van der Waals surface area (Å²) in [5.41, 5.74) is 3.95. The molecule has 1 amide bonds. The first-order valence-electron chi connectivity index (χ1n) is 13.9. The first kappa shape index (κ1) is 31.2. The van der Waals surface area contributed by atoms with Crippen LogP contribution in [-0.2, 0) is 19.0 Å². The Morgan fingerprint density at radius 3 is 2.27 bits per heavy atom. The van der Waals surface area contributed by atoms with Gasteiger partial charge in [-0.15, -0.1) is 0 Å². The van der Waals surface area contributed by atoms with Crippen LogP contribution in [0.15, 0.2) is 120 Å². The highest BCUT2D eigenvalue weighted by Gasteiger charge is 2.34. The van der Waals surface area contributed by atoms with Gasteiger partial charge in [0, 0.05) is 23.6 Å². The second kappa shape index (κ2) is 14.5. The van der Waals surface area contributed by atoms with Crippen LogP contribution < -0.4 is 4.90 Å². The zero-order valence-electron chi connectivity index (χ0n) is 25.0. The molecule has 1 fully saturated rings. The number of aliphatic imine (C=N–C) groups is 1. The van der Waals surface area contributed by atoms with E-state index in [1.165, 1.54) is 37.3 Å². The summed E-state index contributed by atoms with van der Waals surface area (Å²) in [6.07, 6.45) is 9.23. The third kappa shape index (κ3) is 6.84. The van der Waals surface area contributed by atoms with Crippen molar-refractivity contribution in [3.8, 4) is 0 Å². The summed E-state index contributed by atoms with van der Waals surface area (Å²) in [4.78, 5) is 45.7. The fourth-order valence-electron chi connectivity index (χ4n) is 4.49. The number of anilines is 2. The number of methoxy groups -OCH3 is 2. The molecule has 3 aromatic rings. The van der Waals surface area contributed by atoms with Gasteiger partial charge in [-0.2, -0.15) is 4.99 Å². The first-order chi connectivity index (χ1) is 21.3. The molecule has 9 heteroatoms. The number of carbonyl (C=O) groups is 3. The largest absolute Gasteiger partial charge is 0.465 e. The number of ether oxygens (including phenoxy) is 3. The lowest BCUT2D eigenvalue weighted by molar-refractivity contribution is -0.122. The smallest absolute Gasteiger partial charge is 0.340 e. The molecule has 0 atom stereocenters. The van der Waals surface area contributed by atoms with Gasteiger partial charge in [0.2, 0.25) is 0 Å². The van der Waals surface area contributed by atoms with Gasteiger partial charge in [-0.3, -0.25) is 9.69 Å². The fraction of sp³-hybridized carbons (Fsp3) is 0.143. The Morgan fingerprint density at radius 1 is 0.977 bits per heavy atom. The number of amides is 1. The van der Waals surface area contributed by atoms with Crippen LogP contribution >= 0.6 is 0 Å². The number of carbonyl (C=O) groups excluding carboxylic acids is 3. The standard InChI is InChI=1S/C35H33N3O6/c1-6-9-13-26(7-2)38(27-14-11-10-12-15-27)28-19-16-24(17-20-28)22-31-32(39)37(8-3)35(44-31)36-30-23-25(33(40)42-4)18-21-29(30)34(41)43-5/h6-7,9-23H,1,8H2,2-5H3/b13-9-,26-7+,31-22+,36-35?. The highest BCUT2D eigenvalue weighted by molar-refractivity contribution is 6.12. The van der Waals surface area contributed by atoms with Gasteiger partial charge in [0.15, 0.2) is 5.76 Å². The lowest BCUT2D eigenvalue weighted by Crippen LogP contribution is -2.29. The molecule has 0 saturated carbocycles. The van der Waals surface area contributed by atoms with E-state index in [9.17, 15) is 14.4 Å². The van der Waals surface area contributed by atoms with Crippen LogP contribution in [-0.4, -0.2) is 49.5 Å². The van der Waals surface area contributed by atoms with E-state index >= 15 is 0 Å². The van der Waals surface area contributed by atoms with Gasteiger partial charge >= 0.3 is 18.0 Å². The molecule has 1 aliphatic rings. The van der Waals surface area contributed by atoms with Gasteiger partial charge < -0.3 is 19.1 Å². The zero-order valence-corrected chi connectivity index (χ0v) is 25.0. The molecule has 1 heterocycles. The molecule has 0 N–H and O–H groups in total. The molecular weight excluding hydrogens is 558 g/mol. The van der Waals surface area contributed by atoms with Crippen LogP contribution in [0.3, 0.4) is 0 Å². The van der Waals surface area contributed by atoms with Gasteiger partial charge in [0.1, 0.15) is 0 Å². The molecule has 3 aromatic carbocycles. The van der Waals surface area contributed by atoms with Crippen LogP contribution in [0.1, 0.15) is 40.1 Å². The lowest BCUT2D eigenvalue weighted by atomic mass is 10.1. The Balaban J connectivity index is 1.69. The third-order valence-corrected chi connectivity index (χ3v) is 6.67. The maximum Gasteiger partial charge on any atom is 0.340 e. The monoisotopic (exact) mass is 591 g/mol. The fourth-order valence-corrected chi connectivity index (χ4v) is 4.49. The number of benzene rings is 3. The van der Waals surface area contributed by atoms with E-state index in [4.69, 9.17) is 14.2 Å². The number of amidine groups is 1. The SMILES string of the molecule is C=C/C=C\C(=C/C)N(c1ccccc1)c1ccc(/C=C2/OC(=Nc3cc(C(=O)OC)ccc3C(=O)OC)N(CC)C2=O)cc1. The van der Waals surface area contributed by atoms with Crippen LogP contribution in [0.5, 0.6) is 0 Å². The zero-order chi connectivity index (χ0) is 31.6. The average molecular weight is 592 g/mol. The van der Waals surface area contributed by atoms with Gasteiger partial charge in [0.25, 0.3) is 5.91 Å². The molecule has 0 bridgehead atoms. The maximum absolute atomic E-state index is 13.3. The molecule has 1 saturated heterocycles. The topological polar surface area (TPSA) is 97.7 Å². The van der Waals surface area contributed by atoms with Crippen molar-refractivity contribution in [2.75, 3.05) is 25.7 Å². The Morgan fingerprint density at radius 2 is 1.66 bits per heavy atom. The number of esters is 2. The van der Waals surface area contributed by atoms with E-state index in [1.54, 1.807) is 19.1 Å². The number of hydrogen-bond donors (Lipinski definition) is 0. The number of para-hydroxylation sites is 1. The van der Waals surface area contributed by atoms with Gasteiger partial charge in [0.05, 0.1) is 31.0 Å². The second-order valence-corrected chi connectivity index (χ2v) is 9.34. The number of hydrogen-bond acceptors (Lipinski definition) is 8. The Kier molecular flexibility index (Phi) is 10.3. The summed E-state index contributed by atoms with van der Waals surface area (Å²) in [6, 6.07) is 21.9. The molecule has 9 nitrogen and oxygen atoms in total. The number of rotatable bonds is 10. The van der Waals surface area contributed by atoms with Gasteiger partial charge in [-0.05, 0) is 74.0 Å². The van der Waals surface area contributed by atoms with Crippen LogP contribution in [0.2, 0.25) is 0 Å². The minimum atomic E-state index is -0.658. The van der Waals surface area contributed by atoms with Crippen molar-refractivity contribution in [1.82, 2.24) is 4.90 Å². The number of nitrogens with zero attached hydrogens (tertiary/aromatic N) is 3. The Hall–Kier alpha value is -5.70. The second-order valence-electron chi connectivity index (χ2n) is 9.34. The molecule has 0 unspecified atom stereocenters. The van der Waals surface area contributed by atoms with Crippen molar-refractivity contribution in [1.29, 1.82) is 0 Å². The van der Waals surface area contributed by atoms with Gasteiger partial charge in [-0.25, -0.2) is 9.59 Å². The number of allylic oxidation sites excluding steroid dienone is 4. The third-order valence-electron chi connectivity index (χ3n) is 6.67. The predicted octanol–water partition coefficient (Wildman–Crippen LogP) is 6.95. The molecule has 0 aliphatic carbocycles. The van der Waals surface area contributed by atoms with Crippen LogP contribution in [0.4, 0.5) is 17.1 Å². The summed E-state index contributed by atoms with van der Waals surface area (Å²) in [7, 11) is 2.49. The van der Waals surface area contributed by atoms with E-state index in [2.05, 4.69) is 16.5 Å². The minimum absolute atomic E-state index is 0.0328. The van der Waals surface area contributed by atoms with E-state index < -0.39 is 17.8 Å². The summed E-state index contributed by atoms with van der Waals surface area (Å²) in [5, 5.41) is 0. The van der Waals surface area contributed by atoms with Crippen molar-refractivity contribution < 1.29 is 28.6 Å². The molecular formula is C35H33N3O6.